The lowest BCUT2D eigenvalue weighted by Gasteiger charge is -2.14. The number of benzene rings is 2. The SMILES string of the molecule is CCCCCCC(F)c1ccc(-c2ccccc2)c(CC(=O)O)c1. The van der Waals surface area contributed by atoms with Crippen molar-refractivity contribution in [2.75, 3.05) is 0 Å². The molecule has 0 heterocycles. The molecule has 1 unspecified atom stereocenters. The zero-order valence-corrected chi connectivity index (χ0v) is 14.2. The molecule has 0 aliphatic carbocycles. The second kappa shape index (κ2) is 9.21. The molecule has 24 heavy (non-hydrogen) atoms. The van der Waals surface area contributed by atoms with E-state index in [1.807, 2.05) is 36.4 Å². The normalized spacial score (nSPS) is 12.1. The molecule has 0 saturated carbocycles. The lowest BCUT2D eigenvalue weighted by molar-refractivity contribution is -0.136. The van der Waals surface area contributed by atoms with Crippen molar-refractivity contribution in [3.8, 4) is 11.1 Å². The Kier molecular flexibility index (Phi) is 6.98. The van der Waals surface area contributed by atoms with Crippen molar-refractivity contribution in [3.05, 3.63) is 59.7 Å². The molecule has 2 nitrogen and oxygen atoms in total. The molecular weight excluding hydrogens is 303 g/mol. The van der Waals surface area contributed by atoms with Crippen LogP contribution in [0, 0.1) is 0 Å². The molecule has 0 aromatic heterocycles. The third kappa shape index (κ3) is 5.19. The summed E-state index contributed by atoms with van der Waals surface area (Å²) in [6.07, 6.45) is 3.54. The Hall–Kier alpha value is -2.16. The van der Waals surface area contributed by atoms with E-state index >= 15 is 0 Å². The van der Waals surface area contributed by atoms with E-state index in [4.69, 9.17) is 0 Å². The van der Waals surface area contributed by atoms with E-state index in [2.05, 4.69) is 6.92 Å². The summed E-state index contributed by atoms with van der Waals surface area (Å²) >= 11 is 0. The maximum atomic E-state index is 14.5. The van der Waals surface area contributed by atoms with Crippen LogP contribution in [0.3, 0.4) is 0 Å². The monoisotopic (exact) mass is 328 g/mol. The second-order valence-corrected chi connectivity index (χ2v) is 6.17. The molecule has 0 spiro atoms. The zero-order valence-electron chi connectivity index (χ0n) is 14.2. The largest absolute Gasteiger partial charge is 0.481 e. The van der Waals surface area contributed by atoms with Gasteiger partial charge < -0.3 is 5.11 Å². The van der Waals surface area contributed by atoms with Crippen LogP contribution in [0.2, 0.25) is 0 Å². The van der Waals surface area contributed by atoms with Crippen LogP contribution in [0.25, 0.3) is 11.1 Å². The predicted molar refractivity (Wildman–Crippen MR) is 95.8 cm³/mol. The summed E-state index contributed by atoms with van der Waals surface area (Å²) in [4.78, 5) is 11.2. The van der Waals surface area contributed by atoms with Crippen molar-refractivity contribution >= 4 is 5.97 Å². The number of aliphatic carboxylic acids is 1. The van der Waals surface area contributed by atoms with Crippen molar-refractivity contribution in [1.29, 1.82) is 0 Å². The zero-order chi connectivity index (χ0) is 17.4. The van der Waals surface area contributed by atoms with Crippen LogP contribution in [0.5, 0.6) is 0 Å². The number of halogens is 1. The molecule has 3 heteroatoms. The number of carboxylic acids is 1. The van der Waals surface area contributed by atoms with Crippen LogP contribution in [0.4, 0.5) is 4.39 Å². The fourth-order valence-corrected chi connectivity index (χ4v) is 2.93. The molecule has 1 N–H and O–H groups in total. The van der Waals surface area contributed by atoms with Gasteiger partial charge in [0, 0.05) is 0 Å². The van der Waals surface area contributed by atoms with Crippen LogP contribution in [0.15, 0.2) is 48.5 Å². The highest BCUT2D eigenvalue weighted by Crippen LogP contribution is 2.30. The summed E-state index contributed by atoms with van der Waals surface area (Å²) in [5.74, 6) is -0.900. The van der Waals surface area contributed by atoms with Crippen molar-refractivity contribution in [2.24, 2.45) is 0 Å². The third-order valence-corrected chi connectivity index (χ3v) is 4.23. The summed E-state index contributed by atoms with van der Waals surface area (Å²) in [6, 6.07) is 15.0. The van der Waals surface area contributed by atoms with Gasteiger partial charge in [-0.05, 0) is 28.7 Å². The lowest BCUT2D eigenvalue weighted by atomic mass is 9.93. The van der Waals surface area contributed by atoms with Crippen molar-refractivity contribution < 1.29 is 14.3 Å². The Balaban J connectivity index is 2.21. The average Bonchev–Trinajstić information content (AvgIpc) is 2.59. The van der Waals surface area contributed by atoms with Gasteiger partial charge in [0.2, 0.25) is 0 Å². The molecule has 0 fully saturated rings. The summed E-state index contributed by atoms with van der Waals surface area (Å²) < 4.78 is 14.5. The van der Waals surface area contributed by atoms with Crippen LogP contribution in [-0.2, 0) is 11.2 Å². The second-order valence-electron chi connectivity index (χ2n) is 6.17. The number of rotatable bonds is 9. The Morgan fingerprint density at radius 3 is 2.50 bits per heavy atom. The molecule has 1 atom stereocenters. The lowest BCUT2D eigenvalue weighted by Crippen LogP contribution is -2.04. The number of hydrogen-bond donors (Lipinski definition) is 1. The van der Waals surface area contributed by atoms with Gasteiger partial charge in [-0.25, -0.2) is 4.39 Å². The third-order valence-electron chi connectivity index (χ3n) is 4.23. The molecule has 2 aromatic carbocycles. The molecule has 0 radical (unpaired) electrons. The first-order valence-corrected chi connectivity index (χ1v) is 8.66. The molecule has 0 amide bonds. The van der Waals surface area contributed by atoms with E-state index in [0.717, 1.165) is 36.8 Å². The molecule has 0 bridgehead atoms. The smallest absolute Gasteiger partial charge is 0.307 e. The van der Waals surface area contributed by atoms with Gasteiger partial charge >= 0.3 is 5.97 Å². The molecule has 0 aliphatic rings. The maximum Gasteiger partial charge on any atom is 0.307 e. The number of carbonyl (C=O) groups is 1. The first-order chi connectivity index (χ1) is 11.6. The summed E-state index contributed by atoms with van der Waals surface area (Å²) in [6.45, 7) is 2.13. The topological polar surface area (TPSA) is 37.3 Å². The van der Waals surface area contributed by atoms with Gasteiger partial charge in [-0.15, -0.1) is 0 Å². The molecule has 2 aromatic rings. The first-order valence-electron chi connectivity index (χ1n) is 8.66. The minimum Gasteiger partial charge on any atom is -0.481 e. The van der Waals surface area contributed by atoms with Gasteiger partial charge in [0.05, 0.1) is 6.42 Å². The average molecular weight is 328 g/mol. The Morgan fingerprint density at radius 2 is 1.83 bits per heavy atom. The molecule has 0 saturated heterocycles. The molecular formula is C21H25FO2. The van der Waals surface area contributed by atoms with E-state index in [0.29, 0.717) is 17.5 Å². The summed E-state index contributed by atoms with van der Waals surface area (Å²) in [5, 5.41) is 9.17. The van der Waals surface area contributed by atoms with Crippen molar-refractivity contribution in [2.45, 2.75) is 51.6 Å². The van der Waals surface area contributed by atoms with E-state index in [9.17, 15) is 14.3 Å². The molecule has 2 rings (SSSR count). The highest BCUT2D eigenvalue weighted by molar-refractivity contribution is 5.77. The standard InChI is InChI=1S/C21H25FO2/c1-2-3-4-8-11-20(22)17-12-13-19(16-9-6-5-7-10-16)18(14-17)15-21(23)24/h5-7,9-10,12-14,20H,2-4,8,11,15H2,1H3,(H,23,24). The Labute approximate surface area is 143 Å². The van der Waals surface area contributed by atoms with Crippen LogP contribution < -0.4 is 0 Å². The van der Waals surface area contributed by atoms with Crippen molar-refractivity contribution in [1.82, 2.24) is 0 Å². The first kappa shape index (κ1) is 18.2. The number of carboxylic acid groups (broad SMARTS) is 1. The summed E-state index contributed by atoms with van der Waals surface area (Å²) in [7, 11) is 0. The number of alkyl halides is 1. The van der Waals surface area contributed by atoms with E-state index in [-0.39, 0.29) is 6.42 Å². The van der Waals surface area contributed by atoms with E-state index in [1.54, 1.807) is 12.1 Å². The van der Waals surface area contributed by atoms with Crippen LogP contribution in [-0.4, -0.2) is 11.1 Å². The maximum absolute atomic E-state index is 14.5. The van der Waals surface area contributed by atoms with Gasteiger partial charge in [-0.3, -0.25) is 4.79 Å². The Bertz CT molecular complexity index is 652. The fourth-order valence-electron chi connectivity index (χ4n) is 2.93. The van der Waals surface area contributed by atoms with E-state index < -0.39 is 12.1 Å². The van der Waals surface area contributed by atoms with E-state index in [1.165, 1.54) is 0 Å². The van der Waals surface area contributed by atoms with Gasteiger partial charge in [-0.2, -0.15) is 0 Å². The fraction of sp³-hybridized carbons (Fsp3) is 0.381. The minimum atomic E-state index is -1.03. The van der Waals surface area contributed by atoms with Crippen LogP contribution in [0.1, 0.15) is 56.3 Å². The quantitative estimate of drug-likeness (QED) is 0.576. The predicted octanol–water partition coefficient (Wildman–Crippen LogP) is 5.96. The van der Waals surface area contributed by atoms with Gasteiger partial charge in [0.15, 0.2) is 0 Å². The van der Waals surface area contributed by atoms with Crippen LogP contribution >= 0.6 is 0 Å². The van der Waals surface area contributed by atoms with Gasteiger partial charge in [0.25, 0.3) is 0 Å². The molecule has 128 valence electrons. The van der Waals surface area contributed by atoms with Gasteiger partial charge in [0.1, 0.15) is 6.17 Å². The number of hydrogen-bond acceptors (Lipinski definition) is 1. The highest BCUT2D eigenvalue weighted by atomic mass is 19.1. The minimum absolute atomic E-state index is 0.0966. The highest BCUT2D eigenvalue weighted by Gasteiger charge is 2.15. The Morgan fingerprint density at radius 1 is 1.08 bits per heavy atom. The number of unbranched alkanes of at least 4 members (excludes halogenated alkanes) is 3. The van der Waals surface area contributed by atoms with Gasteiger partial charge in [-0.1, -0.05) is 81.1 Å². The summed E-state index contributed by atoms with van der Waals surface area (Å²) in [5.41, 5.74) is 3.07. The van der Waals surface area contributed by atoms with Crippen molar-refractivity contribution in [3.63, 3.8) is 0 Å². The molecule has 0 aliphatic heterocycles.